The predicted molar refractivity (Wildman–Crippen MR) is 127 cm³/mol. The zero-order valence-corrected chi connectivity index (χ0v) is 18.7. The smallest absolute Gasteiger partial charge is 0.307 e. The highest BCUT2D eigenvalue weighted by Gasteiger charge is 2.37. The van der Waals surface area contributed by atoms with E-state index in [1.54, 1.807) is 54.6 Å². The van der Waals surface area contributed by atoms with Crippen LogP contribution in [0.1, 0.15) is 29.6 Å². The van der Waals surface area contributed by atoms with E-state index in [0.29, 0.717) is 40.1 Å². The van der Waals surface area contributed by atoms with E-state index in [0.717, 1.165) is 12.0 Å². The van der Waals surface area contributed by atoms with Gasteiger partial charge in [-0.15, -0.1) is 0 Å². The number of rotatable bonds is 6. The van der Waals surface area contributed by atoms with Gasteiger partial charge in [-0.2, -0.15) is 4.98 Å². The Balaban J connectivity index is 1.32. The lowest BCUT2D eigenvalue weighted by Crippen LogP contribution is -2.25. The van der Waals surface area contributed by atoms with Crippen LogP contribution in [0.4, 0.5) is 16.1 Å². The van der Waals surface area contributed by atoms with Crippen molar-refractivity contribution in [2.45, 2.75) is 19.3 Å². The second-order valence-corrected chi connectivity index (χ2v) is 8.81. The van der Waals surface area contributed by atoms with Crippen LogP contribution < -0.4 is 5.32 Å². The van der Waals surface area contributed by atoms with Gasteiger partial charge in [0.1, 0.15) is 11.3 Å². The van der Waals surface area contributed by atoms with Gasteiger partial charge in [0.05, 0.1) is 11.6 Å². The molecule has 34 heavy (non-hydrogen) atoms. The summed E-state index contributed by atoms with van der Waals surface area (Å²) < 4.78 is 20.4. The van der Waals surface area contributed by atoms with Crippen molar-refractivity contribution in [1.29, 1.82) is 0 Å². The topological polar surface area (TPSA) is 92.4 Å². The van der Waals surface area contributed by atoms with Gasteiger partial charge in [0.15, 0.2) is 11.4 Å². The fraction of sp³-hybridized carbons (Fsp3) is 0.192. The first kappa shape index (κ1) is 22.1. The molecule has 172 valence electrons. The number of benzene rings is 3. The quantitative estimate of drug-likeness (QED) is 0.299. The molecule has 2 atom stereocenters. The minimum Gasteiger partial charge on any atom is -0.481 e. The number of ketones is 1. The summed E-state index contributed by atoms with van der Waals surface area (Å²) in [5.41, 5.74) is 3.14. The molecule has 1 fully saturated rings. The monoisotopic (exact) mass is 478 g/mol. The number of hydrogen-bond donors (Lipinski definition) is 2. The van der Waals surface area contributed by atoms with Crippen LogP contribution in [0.3, 0.4) is 0 Å². The summed E-state index contributed by atoms with van der Waals surface area (Å²) in [7, 11) is 0. The average Bonchev–Trinajstić information content (AvgIpc) is 3.47. The minimum atomic E-state index is -0.918. The molecule has 0 bridgehead atoms. The number of nitrogens with zero attached hydrogens (tertiary/aromatic N) is 1. The van der Waals surface area contributed by atoms with E-state index in [-0.39, 0.29) is 17.5 Å². The first-order valence-corrected chi connectivity index (χ1v) is 11.3. The summed E-state index contributed by atoms with van der Waals surface area (Å²) in [6.07, 6.45) is 1.85. The lowest BCUT2D eigenvalue weighted by atomic mass is 9.88. The molecule has 1 aromatic heterocycles. The minimum absolute atomic E-state index is 0.151. The Bertz CT molecular complexity index is 1400. The number of aromatic nitrogens is 1. The molecule has 4 aromatic rings. The number of anilines is 2. The summed E-state index contributed by atoms with van der Waals surface area (Å²) in [5, 5.41) is 12.7. The Morgan fingerprint density at radius 1 is 1.00 bits per heavy atom. The van der Waals surface area contributed by atoms with Crippen molar-refractivity contribution in [2.24, 2.45) is 11.8 Å². The maximum absolute atomic E-state index is 14.8. The first-order valence-electron chi connectivity index (χ1n) is 10.9. The number of carbonyl (C=O) groups is 2. The fourth-order valence-corrected chi connectivity index (χ4v) is 4.64. The third-order valence-corrected chi connectivity index (χ3v) is 6.47. The fourth-order valence-electron chi connectivity index (χ4n) is 4.47. The van der Waals surface area contributed by atoms with Crippen molar-refractivity contribution >= 4 is 46.2 Å². The van der Waals surface area contributed by atoms with Gasteiger partial charge in [0, 0.05) is 22.6 Å². The second kappa shape index (κ2) is 8.91. The number of fused-ring (bicyclic) bond motifs is 1. The second-order valence-electron chi connectivity index (χ2n) is 8.37. The molecule has 0 aliphatic heterocycles. The molecule has 0 spiro atoms. The van der Waals surface area contributed by atoms with Crippen LogP contribution in [0.2, 0.25) is 5.02 Å². The van der Waals surface area contributed by atoms with E-state index in [1.807, 2.05) is 0 Å². The van der Waals surface area contributed by atoms with Gasteiger partial charge < -0.3 is 14.8 Å². The third kappa shape index (κ3) is 4.26. The molecule has 1 heterocycles. The highest BCUT2D eigenvalue weighted by Crippen LogP contribution is 2.35. The number of aliphatic carboxylic acids is 1. The van der Waals surface area contributed by atoms with Gasteiger partial charge in [-0.3, -0.25) is 9.59 Å². The van der Waals surface area contributed by atoms with Gasteiger partial charge in [0.2, 0.25) is 0 Å². The van der Waals surface area contributed by atoms with Gasteiger partial charge >= 0.3 is 5.97 Å². The molecule has 0 amide bonds. The van der Waals surface area contributed by atoms with Crippen LogP contribution in [0, 0.1) is 17.7 Å². The third-order valence-electron chi connectivity index (χ3n) is 6.23. The van der Waals surface area contributed by atoms with E-state index >= 15 is 0 Å². The lowest BCUT2D eigenvalue weighted by Gasteiger charge is -2.14. The molecule has 1 aliphatic rings. The van der Waals surface area contributed by atoms with Crippen LogP contribution in [0.5, 0.6) is 0 Å². The van der Waals surface area contributed by atoms with Crippen LogP contribution in [-0.4, -0.2) is 21.8 Å². The Morgan fingerprint density at radius 3 is 2.47 bits per heavy atom. The molecule has 3 aromatic carbocycles. The number of carboxylic acid groups (broad SMARTS) is 1. The molecule has 0 radical (unpaired) electrons. The number of hydrogen-bond acceptors (Lipinski definition) is 5. The van der Waals surface area contributed by atoms with E-state index in [2.05, 4.69) is 10.3 Å². The largest absolute Gasteiger partial charge is 0.481 e. The summed E-state index contributed by atoms with van der Waals surface area (Å²) in [4.78, 5) is 28.5. The van der Waals surface area contributed by atoms with Crippen LogP contribution in [-0.2, 0) is 4.79 Å². The van der Waals surface area contributed by atoms with Crippen LogP contribution in [0.25, 0.3) is 22.2 Å². The van der Waals surface area contributed by atoms with Crippen molar-refractivity contribution < 1.29 is 23.5 Å². The maximum Gasteiger partial charge on any atom is 0.307 e. The Morgan fingerprint density at radius 2 is 1.74 bits per heavy atom. The molecule has 2 N–H and O–H groups in total. The molecular formula is C26H20ClFN2O4. The number of nitrogens with one attached hydrogen (secondary N) is 1. The predicted octanol–water partition coefficient (Wildman–Crippen LogP) is 6.71. The first-order chi connectivity index (χ1) is 16.4. The van der Waals surface area contributed by atoms with Crippen molar-refractivity contribution in [1.82, 2.24) is 4.98 Å². The number of Topliss-reactive ketones (excluding diaryl/α,β-unsaturated/α-hetero) is 1. The molecular weight excluding hydrogens is 459 g/mol. The SMILES string of the molecule is O=C(O)C1CCCC1C(=O)c1ccc(-c2ccc(Nc3nc4ccc(Cl)cc4o3)c(F)c2)cc1. The van der Waals surface area contributed by atoms with Crippen LogP contribution >= 0.6 is 11.6 Å². The number of halogens is 2. The molecule has 1 saturated carbocycles. The van der Waals surface area contributed by atoms with Gasteiger partial charge in [-0.05, 0) is 48.2 Å². The molecule has 6 nitrogen and oxygen atoms in total. The highest BCUT2D eigenvalue weighted by atomic mass is 35.5. The molecule has 5 rings (SSSR count). The normalized spacial score (nSPS) is 17.7. The van der Waals surface area contributed by atoms with Crippen molar-refractivity contribution in [3.05, 3.63) is 77.1 Å². The maximum atomic E-state index is 14.8. The summed E-state index contributed by atoms with van der Waals surface area (Å²) in [6.45, 7) is 0. The summed E-state index contributed by atoms with van der Waals surface area (Å²) in [6, 6.07) is 16.7. The molecule has 1 aliphatic carbocycles. The highest BCUT2D eigenvalue weighted by molar-refractivity contribution is 6.31. The van der Waals surface area contributed by atoms with Gasteiger partial charge in [-0.1, -0.05) is 48.4 Å². The summed E-state index contributed by atoms with van der Waals surface area (Å²) in [5.74, 6) is -2.68. The van der Waals surface area contributed by atoms with Crippen molar-refractivity contribution in [3.8, 4) is 11.1 Å². The van der Waals surface area contributed by atoms with E-state index in [4.69, 9.17) is 16.0 Å². The Kier molecular flexibility index (Phi) is 5.79. The van der Waals surface area contributed by atoms with E-state index in [9.17, 15) is 19.1 Å². The van der Waals surface area contributed by atoms with E-state index in [1.165, 1.54) is 6.07 Å². The van der Waals surface area contributed by atoms with Gasteiger partial charge in [0.25, 0.3) is 6.01 Å². The average molecular weight is 479 g/mol. The van der Waals surface area contributed by atoms with E-state index < -0.39 is 23.6 Å². The number of carboxylic acids is 1. The standard InChI is InChI=1S/C26H20ClFN2O4/c27-17-9-11-22-23(13-17)34-26(30-22)29-21-10-8-16(12-20(21)28)14-4-6-15(7-5-14)24(31)18-2-1-3-19(18)25(32)33/h4-13,18-19H,1-3H2,(H,29,30)(H,32,33). The van der Waals surface area contributed by atoms with Gasteiger partial charge in [-0.25, -0.2) is 4.39 Å². The van der Waals surface area contributed by atoms with Crippen molar-refractivity contribution in [3.63, 3.8) is 0 Å². The molecule has 0 saturated heterocycles. The number of carbonyl (C=O) groups excluding carboxylic acids is 1. The Hall–Kier alpha value is -3.71. The lowest BCUT2D eigenvalue weighted by molar-refractivity contribution is -0.142. The summed E-state index contributed by atoms with van der Waals surface area (Å²) >= 11 is 5.96. The number of oxazole rings is 1. The molecule has 2 unspecified atom stereocenters. The zero-order chi connectivity index (χ0) is 23.8. The van der Waals surface area contributed by atoms with Crippen molar-refractivity contribution in [2.75, 3.05) is 5.32 Å². The zero-order valence-electron chi connectivity index (χ0n) is 17.9. The Labute approximate surface area is 199 Å². The van der Waals surface area contributed by atoms with Crippen LogP contribution in [0.15, 0.2) is 65.1 Å². The molecule has 8 heteroatoms.